The Labute approximate surface area is 187 Å². The summed E-state index contributed by atoms with van der Waals surface area (Å²) in [7, 11) is -2.50. The van der Waals surface area contributed by atoms with Gasteiger partial charge < -0.3 is 14.4 Å². The van der Waals surface area contributed by atoms with Crippen molar-refractivity contribution in [1.29, 1.82) is 0 Å². The molecule has 0 bridgehead atoms. The first-order valence-corrected chi connectivity index (χ1v) is 11.2. The molecular formula is C19H21F3N4O6S. The normalized spacial score (nSPS) is 15.5. The van der Waals surface area contributed by atoms with Crippen LogP contribution in [0, 0.1) is 0 Å². The average molecular weight is 490 g/mol. The van der Waals surface area contributed by atoms with Crippen molar-refractivity contribution >= 4 is 15.9 Å². The molecule has 10 nitrogen and oxygen atoms in total. The van der Waals surface area contributed by atoms with E-state index in [-0.39, 0.29) is 55.5 Å². The number of benzene rings is 1. The highest BCUT2D eigenvalue weighted by molar-refractivity contribution is 7.89. The number of amides is 1. The van der Waals surface area contributed by atoms with Gasteiger partial charge in [0.25, 0.3) is 11.5 Å². The number of sulfonamides is 1. The molecule has 0 radical (unpaired) electrons. The lowest BCUT2D eigenvalue weighted by atomic mass is 10.3. The molecule has 3 rings (SSSR count). The number of rotatable bonds is 7. The van der Waals surface area contributed by atoms with E-state index in [0.717, 1.165) is 33.3 Å². The van der Waals surface area contributed by atoms with Gasteiger partial charge in [-0.15, -0.1) is 13.2 Å². The molecule has 0 spiro atoms. The summed E-state index contributed by atoms with van der Waals surface area (Å²) in [5.74, 6) is -0.983. The molecule has 1 amide bonds. The minimum Gasteiger partial charge on any atom is -0.406 e. The number of carbonyl (C=O) groups excluding carboxylic acids is 1. The predicted octanol–water partition coefficient (Wildman–Crippen LogP) is 0.935. The highest BCUT2D eigenvalue weighted by Gasteiger charge is 2.33. The van der Waals surface area contributed by atoms with Crippen LogP contribution in [0.2, 0.25) is 0 Å². The summed E-state index contributed by atoms with van der Waals surface area (Å²) in [4.78, 5) is 25.8. The highest BCUT2D eigenvalue weighted by Crippen LogP contribution is 2.25. The second-order valence-electron chi connectivity index (χ2n) is 6.99. The lowest BCUT2D eigenvalue weighted by Crippen LogP contribution is -2.50. The fourth-order valence-corrected chi connectivity index (χ4v) is 4.58. The molecule has 1 saturated heterocycles. The summed E-state index contributed by atoms with van der Waals surface area (Å²) >= 11 is 0. The van der Waals surface area contributed by atoms with Gasteiger partial charge in [0.2, 0.25) is 10.0 Å². The molecule has 0 saturated carbocycles. The first kappa shape index (κ1) is 24.7. The van der Waals surface area contributed by atoms with Crippen LogP contribution in [0.3, 0.4) is 0 Å². The Hall–Kier alpha value is -2.97. The SMILES string of the molecule is COCCn1nc(C(=O)N2CCN(S(=O)(=O)c3ccc(OC(F)(F)F)cc3)CC2)ccc1=O. The van der Waals surface area contributed by atoms with E-state index in [1.165, 1.54) is 24.1 Å². The number of alkyl halides is 3. The number of hydrogen-bond acceptors (Lipinski definition) is 7. The van der Waals surface area contributed by atoms with E-state index in [0.29, 0.717) is 0 Å². The van der Waals surface area contributed by atoms with E-state index in [9.17, 15) is 31.2 Å². The molecule has 1 aliphatic heterocycles. The molecule has 0 N–H and O–H groups in total. The maximum absolute atomic E-state index is 12.8. The number of ether oxygens (including phenoxy) is 2. The number of piperazine rings is 1. The molecule has 0 atom stereocenters. The number of nitrogens with zero attached hydrogens (tertiary/aromatic N) is 4. The third-order valence-corrected chi connectivity index (χ3v) is 6.73. The third kappa shape index (κ3) is 6.09. The second kappa shape index (κ2) is 9.89. The van der Waals surface area contributed by atoms with E-state index in [2.05, 4.69) is 9.84 Å². The molecular weight excluding hydrogens is 469 g/mol. The van der Waals surface area contributed by atoms with Crippen molar-refractivity contribution in [3.8, 4) is 5.75 Å². The van der Waals surface area contributed by atoms with Crippen LogP contribution < -0.4 is 10.3 Å². The van der Waals surface area contributed by atoms with Crippen LogP contribution in [-0.2, 0) is 21.3 Å². The molecule has 1 fully saturated rings. The summed E-state index contributed by atoms with van der Waals surface area (Å²) in [5, 5.41) is 4.04. The minimum absolute atomic E-state index is 0.0157. The maximum Gasteiger partial charge on any atom is 0.573 e. The van der Waals surface area contributed by atoms with Gasteiger partial charge in [0.1, 0.15) is 11.4 Å². The molecule has 1 aromatic heterocycles. The van der Waals surface area contributed by atoms with Crippen molar-refractivity contribution in [3.63, 3.8) is 0 Å². The van der Waals surface area contributed by atoms with Crippen molar-refractivity contribution in [2.45, 2.75) is 17.8 Å². The fraction of sp³-hybridized carbons (Fsp3) is 0.421. The number of carbonyl (C=O) groups is 1. The summed E-state index contributed by atoms with van der Waals surface area (Å²) in [6.45, 7) is 0.536. The Kier molecular flexibility index (Phi) is 7.39. The van der Waals surface area contributed by atoms with Crippen LogP contribution in [0.1, 0.15) is 10.5 Å². The maximum atomic E-state index is 12.8. The van der Waals surface area contributed by atoms with E-state index in [1.54, 1.807) is 0 Å². The Morgan fingerprint density at radius 3 is 2.27 bits per heavy atom. The van der Waals surface area contributed by atoms with Gasteiger partial charge in [-0.1, -0.05) is 0 Å². The highest BCUT2D eigenvalue weighted by atomic mass is 32.2. The van der Waals surface area contributed by atoms with Gasteiger partial charge in [-0.3, -0.25) is 9.59 Å². The molecule has 14 heteroatoms. The van der Waals surface area contributed by atoms with Crippen LogP contribution in [-0.4, -0.2) is 79.6 Å². The van der Waals surface area contributed by atoms with Gasteiger partial charge in [-0.25, -0.2) is 13.1 Å². The van der Waals surface area contributed by atoms with Gasteiger partial charge >= 0.3 is 6.36 Å². The zero-order valence-electron chi connectivity index (χ0n) is 17.5. The number of halogens is 3. The largest absolute Gasteiger partial charge is 0.573 e. The third-order valence-electron chi connectivity index (χ3n) is 4.81. The smallest absolute Gasteiger partial charge is 0.406 e. The summed E-state index contributed by atoms with van der Waals surface area (Å²) in [6, 6.07) is 6.43. The van der Waals surface area contributed by atoms with Gasteiger partial charge in [0.05, 0.1) is 18.0 Å². The van der Waals surface area contributed by atoms with E-state index in [4.69, 9.17) is 4.74 Å². The molecule has 0 aliphatic carbocycles. The van der Waals surface area contributed by atoms with Crippen LogP contribution in [0.5, 0.6) is 5.75 Å². The molecule has 33 heavy (non-hydrogen) atoms. The van der Waals surface area contributed by atoms with E-state index in [1.807, 2.05) is 0 Å². The molecule has 0 unspecified atom stereocenters. The van der Waals surface area contributed by atoms with Crippen molar-refractivity contribution in [2.24, 2.45) is 0 Å². The van der Waals surface area contributed by atoms with E-state index >= 15 is 0 Å². The second-order valence-corrected chi connectivity index (χ2v) is 8.93. The molecule has 180 valence electrons. The average Bonchev–Trinajstić information content (AvgIpc) is 2.77. The van der Waals surface area contributed by atoms with Crippen LogP contribution in [0.4, 0.5) is 13.2 Å². The molecule has 1 aliphatic rings. The minimum atomic E-state index is -4.88. The predicted molar refractivity (Wildman–Crippen MR) is 108 cm³/mol. The Balaban J connectivity index is 1.65. The van der Waals surface area contributed by atoms with Gasteiger partial charge in [-0.2, -0.15) is 9.40 Å². The zero-order valence-corrected chi connectivity index (χ0v) is 18.3. The molecule has 2 heterocycles. The quantitative estimate of drug-likeness (QED) is 0.568. The molecule has 1 aromatic carbocycles. The van der Waals surface area contributed by atoms with Gasteiger partial charge in [-0.05, 0) is 30.3 Å². The van der Waals surface area contributed by atoms with E-state index < -0.39 is 28.0 Å². The summed E-state index contributed by atoms with van der Waals surface area (Å²) < 4.78 is 73.4. The van der Waals surface area contributed by atoms with Crippen LogP contribution >= 0.6 is 0 Å². The lowest BCUT2D eigenvalue weighted by Gasteiger charge is -2.33. The van der Waals surface area contributed by atoms with Gasteiger partial charge in [0.15, 0.2) is 0 Å². The summed E-state index contributed by atoms with van der Waals surface area (Å²) in [6.07, 6.45) is -4.88. The monoisotopic (exact) mass is 490 g/mol. The summed E-state index contributed by atoms with van der Waals surface area (Å²) in [5.41, 5.74) is -0.339. The van der Waals surface area contributed by atoms with Crippen molar-refractivity contribution in [3.05, 3.63) is 52.4 Å². The Morgan fingerprint density at radius 1 is 1.06 bits per heavy atom. The van der Waals surface area contributed by atoms with Gasteiger partial charge in [0, 0.05) is 39.4 Å². The fourth-order valence-electron chi connectivity index (χ4n) is 3.16. The first-order valence-electron chi connectivity index (χ1n) is 9.73. The van der Waals surface area contributed by atoms with Crippen molar-refractivity contribution < 1.29 is 35.9 Å². The number of methoxy groups -OCH3 is 1. The number of hydrogen-bond donors (Lipinski definition) is 0. The van der Waals surface area contributed by atoms with Crippen molar-refractivity contribution in [1.82, 2.24) is 19.0 Å². The van der Waals surface area contributed by atoms with Crippen molar-refractivity contribution in [2.75, 3.05) is 39.9 Å². The number of aromatic nitrogens is 2. The Morgan fingerprint density at radius 2 is 1.70 bits per heavy atom. The molecule has 2 aromatic rings. The standard InChI is InChI=1S/C19H21F3N4O6S/c1-31-13-12-26-17(27)7-6-16(23-26)18(28)24-8-10-25(11-9-24)33(29,30)15-4-2-14(3-5-15)32-19(20,21)22/h2-7H,8-13H2,1H3. The Bertz CT molecular complexity index is 1140. The lowest BCUT2D eigenvalue weighted by molar-refractivity contribution is -0.274. The zero-order chi connectivity index (χ0) is 24.2. The van der Waals surface area contributed by atoms with Crippen LogP contribution in [0.25, 0.3) is 0 Å². The topological polar surface area (TPSA) is 111 Å². The van der Waals surface area contributed by atoms with Crippen LogP contribution in [0.15, 0.2) is 46.1 Å². The first-order chi connectivity index (χ1) is 15.5.